The summed E-state index contributed by atoms with van der Waals surface area (Å²) in [6, 6.07) is 8.32. The number of nitro groups is 1. The number of amides is 1. The van der Waals surface area contributed by atoms with Gasteiger partial charge in [-0.05, 0) is 34.5 Å². The van der Waals surface area contributed by atoms with E-state index in [-0.39, 0.29) is 11.6 Å². The minimum Gasteiger partial charge on any atom is -0.378 e. The summed E-state index contributed by atoms with van der Waals surface area (Å²) in [6.07, 6.45) is 3.20. The zero-order valence-corrected chi connectivity index (χ0v) is 12.5. The van der Waals surface area contributed by atoms with Gasteiger partial charge in [-0.15, -0.1) is 0 Å². The number of rotatable bonds is 7. The highest BCUT2D eigenvalue weighted by Gasteiger charge is 2.11. The summed E-state index contributed by atoms with van der Waals surface area (Å²) in [7, 11) is 0. The molecule has 0 fully saturated rings. The number of thiophene rings is 1. The van der Waals surface area contributed by atoms with Gasteiger partial charge in [-0.2, -0.15) is 11.3 Å². The predicted octanol–water partition coefficient (Wildman–Crippen LogP) is 2.90. The van der Waals surface area contributed by atoms with Crippen LogP contribution in [0.4, 0.5) is 11.4 Å². The Hall–Kier alpha value is -2.67. The van der Waals surface area contributed by atoms with E-state index in [1.807, 2.05) is 16.8 Å². The number of hydrogen-bond donors (Lipinski definition) is 2. The summed E-state index contributed by atoms with van der Waals surface area (Å²) in [5, 5.41) is 20.4. The second kappa shape index (κ2) is 7.94. The minimum atomic E-state index is -0.440. The first-order valence-electron chi connectivity index (χ1n) is 6.62. The quantitative estimate of drug-likeness (QED) is 0.356. The molecule has 0 saturated heterocycles. The van der Waals surface area contributed by atoms with E-state index in [0.717, 1.165) is 5.56 Å². The van der Waals surface area contributed by atoms with Gasteiger partial charge in [0.25, 0.3) is 5.69 Å². The van der Waals surface area contributed by atoms with E-state index >= 15 is 0 Å². The topological polar surface area (TPSA) is 84.3 Å². The van der Waals surface area contributed by atoms with E-state index in [2.05, 4.69) is 10.6 Å². The molecule has 0 spiro atoms. The number of nitro benzene ring substituents is 1. The summed E-state index contributed by atoms with van der Waals surface area (Å²) < 4.78 is 0. The molecule has 0 aliphatic heterocycles. The Labute approximate surface area is 131 Å². The first kappa shape index (κ1) is 15.7. The molecule has 1 amide bonds. The lowest BCUT2D eigenvalue weighted by molar-refractivity contribution is -0.384. The monoisotopic (exact) mass is 317 g/mol. The molecule has 0 aliphatic carbocycles. The van der Waals surface area contributed by atoms with E-state index in [1.165, 1.54) is 12.1 Å². The van der Waals surface area contributed by atoms with Crippen molar-refractivity contribution in [3.05, 3.63) is 62.8 Å². The maximum absolute atomic E-state index is 11.6. The molecule has 0 atom stereocenters. The van der Waals surface area contributed by atoms with Gasteiger partial charge in [0.1, 0.15) is 5.69 Å². The molecule has 22 heavy (non-hydrogen) atoms. The number of hydrogen-bond acceptors (Lipinski definition) is 5. The van der Waals surface area contributed by atoms with Crippen LogP contribution in [-0.2, 0) is 4.79 Å². The van der Waals surface area contributed by atoms with E-state index < -0.39 is 4.92 Å². The highest BCUT2D eigenvalue weighted by atomic mass is 32.1. The van der Waals surface area contributed by atoms with Crippen molar-refractivity contribution in [1.82, 2.24) is 5.32 Å². The van der Waals surface area contributed by atoms with E-state index in [9.17, 15) is 14.9 Å². The molecular weight excluding hydrogens is 302 g/mol. The van der Waals surface area contributed by atoms with Gasteiger partial charge in [-0.25, -0.2) is 0 Å². The number of benzene rings is 1. The molecule has 0 aliphatic rings. The van der Waals surface area contributed by atoms with Gasteiger partial charge in [0.2, 0.25) is 5.91 Å². The number of nitrogens with zero attached hydrogens (tertiary/aromatic N) is 1. The average Bonchev–Trinajstić information content (AvgIpc) is 3.03. The second-order valence-corrected chi connectivity index (χ2v) is 5.16. The molecular formula is C15H15N3O3S. The zero-order chi connectivity index (χ0) is 15.8. The van der Waals surface area contributed by atoms with E-state index in [1.54, 1.807) is 35.6 Å². The smallest absolute Gasteiger partial charge is 0.292 e. The van der Waals surface area contributed by atoms with Crippen molar-refractivity contribution >= 4 is 34.7 Å². The SMILES string of the molecule is O=C(/C=C/c1ccsc1)NCCNc1ccccc1[N+](=O)[O-]. The molecule has 0 saturated carbocycles. The lowest BCUT2D eigenvalue weighted by atomic mass is 10.2. The number of nitrogens with one attached hydrogen (secondary N) is 2. The van der Waals surface area contributed by atoms with Crippen molar-refractivity contribution < 1.29 is 9.72 Å². The molecule has 1 aromatic carbocycles. The third-order valence-corrected chi connectivity index (χ3v) is 3.51. The van der Waals surface area contributed by atoms with Crippen molar-refractivity contribution in [1.29, 1.82) is 0 Å². The number of carbonyl (C=O) groups excluding carboxylic acids is 1. The summed E-state index contributed by atoms with van der Waals surface area (Å²) >= 11 is 1.57. The molecule has 2 aromatic rings. The van der Waals surface area contributed by atoms with Crippen LogP contribution in [0.15, 0.2) is 47.2 Å². The van der Waals surface area contributed by atoms with E-state index in [4.69, 9.17) is 0 Å². The van der Waals surface area contributed by atoms with Crippen LogP contribution in [0, 0.1) is 10.1 Å². The Morgan fingerprint density at radius 3 is 2.82 bits per heavy atom. The van der Waals surface area contributed by atoms with Crippen molar-refractivity contribution in [2.24, 2.45) is 0 Å². The van der Waals surface area contributed by atoms with Gasteiger partial charge in [0.05, 0.1) is 4.92 Å². The van der Waals surface area contributed by atoms with Gasteiger partial charge < -0.3 is 10.6 Å². The summed E-state index contributed by atoms with van der Waals surface area (Å²) in [4.78, 5) is 22.0. The van der Waals surface area contributed by atoms with Crippen LogP contribution in [0.25, 0.3) is 6.08 Å². The van der Waals surface area contributed by atoms with Crippen LogP contribution in [0.3, 0.4) is 0 Å². The van der Waals surface area contributed by atoms with Gasteiger partial charge in [0.15, 0.2) is 0 Å². The van der Waals surface area contributed by atoms with Gasteiger partial charge in [-0.1, -0.05) is 12.1 Å². The Kier molecular flexibility index (Phi) is 5.67. The third-order valence-electron chi connectivity index (χ3n) is 2.81. The van der Waals surface area contributed by atoms with Gasteiger partial charge >= 0.3 is 0 Å². The lowest BCUT2D eigenvalue weighted by Gasteiger charge is -2.07. The summed E-state index contributed by atoms with van der Waals surface area (Å²) in [5.74, 6) is -0.199. The predicted molar refractivity (Wildman–Crippen MR) is 87.9 cm³/mol. The van der Waals surface area contributed by atoms with Crippen molar-refractivity contribution in [2.75, 3.05) is 18.4 Å². The minimum absolute atomic E-state index is 0.0196. The standard InChI is InChI=1S/C15H15N3O3S/c19-15(6-5-12-7-10-22-11-12)17-9-8-16-13-3-1-2-4-14(13)18(20)21/h1-7,10-11,16H,8-9H2,(H,17,19)/b6-5+. The van der Waals surface area contributed by atoms with E-state index in [0.29, 0.717) is 18.8 Å². The number of para-hydroxylation sites is 2. The van der Waals surface area contributed by atoms with Crippen LogP contribution in [0.1, 0.15) is 5.56 Å². The lowest BCUT2D eigenvalue weighted by Crippen LogP contribution is -2.27. The van der Waals surface area contributed by atoms with Crippen molar-refractivity contribution in [3.63, 3.8) is 0 Å². The molecule has 2 rings (SSSR count). The summed E-state index contributed by atoms with van der Waals surface area (Å²) in [6.45, 7) is 0.780. The molecule has 2 N–H and O–H groups in total. The number of carbonyl (C=O) groups is 1. The van der Waals surface area contributed by atoms with Crippen LogP contribution in [-0.4, -0.2) is 23.9 Å². The molecule has 1 heterocycles. The fourth-order valence-electron chi connectivity index (χ4n) is 1.77. The van der Waals surface area contributed by atoms with Crippen LogP contribution < -0.4 is 10.6 Å². The largest absolute Gasteiger partial charge is 0.378 e. The third kappa shape index (κ3) is 4.71. The fourth-order valence-corrected chi connectivity index (χ4v) is 2.39. The van der Waals surface area contributed by atoms with Gasteiger partial charge in [-0.3, -0.25) is 14.9 Å². The Balaban J connectivity index is 1.75. The fraction of sp³-hybridized carbons (Fsp3) is 0.133. The molecule has 0 unspecified atom stereocenters. The van der Waals surface area contributed by atoms with Crippen LogP contribution >= 0.6 is 11.3 Å². The molecule has 7 heteroatoms. The summed E-state index contributed by atoms with van der Waals surface area (Å²) in [5.41, 5.74) is 1.44. The zero-order valence-electron chi connectivity index (χ0n) is 11.7. The molecule has 1 aromatic heterocycles. The Bertz CT molecular complexity index is 668. The highest BCUT2D eigenvalue weighted by molar-refractivity contribution is 7.08. The normalized spacial score (nSPS) is 10.5. The molecule has 114 valence electrons. The maximum atomic E-state index is 11.6. The molecule has 0 radical (unpaired) electrons. The first-order chi connectivity index (χ1) is 10.7. The molecule has 0 bridgehead atoms. The second-order valence-electron chi connectivity index (χ2n) is 4.38. The van der Waals surface area contributed by atoms with Crippen molar-refractivity contribution in [2.45, 2.75) is 0 Å². The Morgan fingerprint density at radius 2 is 2.09 bits per heavy atom. The van der Waals surface area contributed by atoms with Crippen LogP contribution in [0.5, 0.6) is 0 Å². The number of anilines is 1. The average molecular weight is 317 g/mol. The Morgan fingerprint density at radius 1 is 1.27 bits per heavy atom. The highest BCUT2D eigenvalue weighted by Crippen LogP contribution is 2.22. The van der Waals surface area contributed by atoms with Crippen LogP contribution in [0.2, 0.25) is 0 Å². The van der Waals surface area contributed by atoms with Crippen molar-refractivity contribution in [3.8, 4) is 0 Å². The van der Waals surface area contributed by atoms with Gasteiger partial charge in [0, 0.05) is 25.2 Å². The maximum Gasteiger partial charge on any atom is 0.292 e. The molecule has 6 nitrogen and oxygen atoms in total. The first-order valence-corrected chi connectivity index (χ1v) is 7.56.